The summed E-state index contributed by atoms with van der Waals surface area (Å²) in [6, 6.07) is 0. The molecule has 0 fully saturated rings. The molecule has 0 aromatic carbocycles. The number of carbonyl (C=O) groups is 2. The van der Waals surface area contributed by atoms with Gasteiger partial charge < -0.3 is 16.4 Å². The number of hydrogen-bond acceptors (Lipinski definition) is 6. The third kappa shape index (κ3) is 90.9. The van der Waals surface area contributed by atoms with E-state index in [-0.39, 0.29) is 6.15 Å². The monoisotopic (exact) mass is 207 g/mol. The largest absolute Gasteiger partial charge is 0.481 e. The number of rotatable bonds is 0. The van der Waals surface area contributed by atoms with Crippen LogP contribution in [0.15, 0.2) is 6.33 Å². The van der Waals surface area contributed by atoms with E-state index in [0.29, 0.717) is 0 Å². The molecule has 0 saturated heterocycles. The minimum Gasteiger partial charge on any atom is -0.481 e. The molecule has 0 bridgehead atoms. The van der Waals surface area contributed by atoms with Gasteiger partial charge in [-0.25, -0.2) is 0 Å². The molecule has 0 atom stereocenters. The lowest BCUT2D eigenvalue weighted by molar-refractivity contribution is -0.135. The van der Waals surface area contributed by atoms with Crippen LogP contribution in [0.5, 0.6) is 0 Å². The second-order valence-corrected chi connectivity index (χ2v) is 1.60. The summed E-state index contributed by atoms with van der Waals surface area (Å²) in [7, 11) is 0. The molecule has 1 aromatic heterocycles. The van der Waals surface area contributed by atoms with Crippen LogP contribution in [0.25, 0.3) is 0 Å². The molecule has 6 N–H and O–H groups in total. The molecule has 9 nitrogen and oxygen atoms in total. The average Bonchev–Trinajstić information content (AvgIpc) is 2.35. The SMILES string of the molecule is CC(=O)O.CC(=O)O.N.c1nn[nH]n1. The fourth-order valence-electron chi connectivity index (χ4n) is 0.129. The standard InChI is InChI=1S/2C2H4O2.CH2N4.H3N/c2*1-2(3)4;1-2-4-5-3-1;/h2*1H3,(H,3,4);1H,(H,2,3,4,5);1H3. The van der Waals surface area contributed by atoms with Crippen molar-refractivity contribution in [3.8, 4) is 0 Å². The van der Waals surface area contributed by atoms with E-state index in [9.17, 15) is 0 Å². The first-order valence-electron chi connectivity index (χ1n) is 3.02. The molecule has 0 unspecified atom stereocenters. The van der Waals surface area contributed by atoms with Gasteiger partial charge in [-0.1, -0.05) is 5.21 Å². The van der Waals surface area contributed by atoms with Gasteiger partial charge in [-0.15, -0.1) is 10.2 Å². The predicted octanol–water partition coefficient (Wildman–Crippen LogP) is -0.457. The van der Waals surface area contributed by atoms with Crippen molar-refractivity contribution in [3.05, 3.63) is 6.33 Å². The van der Waals surface area contributed by atoms with Crippen molar-refractivity contribution in [3.63, 3.8) is 0 Å². The van der Waals surface area contributed by atoms with Crippen molar-refractivity contribution in [1.29, 1.82) is 0 Å². The van der Waals surface area contributed by atoms with Crippen LogP contribution in [-0.4, -0.2) is 42.8 Å². The van der Waals surface area contributed by atoms with Crippen LogP contribution in [0, 0.1) is 0 Å². The van der Waals surface area contributed by atoms with Crippen LogP contribution in [0.1, 0.15) is 13.8 Å². The maximum Gasteiger partial charge on any atom is 0.300 e. The number of carboxylic acids is 2. The quantitative estimate of drug-likeness (QED) is 0.443. The lowest BCUT2D eigenvalue weighted by Crippen LogP contribution is -1.78. The average molecular weight is 207 g/mol. The van der Waals surface area contributed by atoms with Gasteiger partial charge in [0.25, 0.3) is 11.9 Å². The Morgan fingerprint density at radius 1 is 1.21 bits per heavy atom. The van der Waals surface area contributed by atoms with Crippen molar-refractivity contribution in [2.75, 3.05) is 0 Å². The smallest absolute Gasteiger partial charge is 0.300 e. The first-order chi connectivity index (χ1) is 5.96. The Hall–Kier alpha value is -2.03. The molecule has 1 aromatic rings. The lowest BCUT2D eigenvalue weighted by Gasteiger charge is -1.59. The molecular weight excluding hydrogens is 194 g/mol. The number of tetrazole rings is 1. The maximum absolute atomic E-state index is 9.00. The minimum atomic E-state index is -0.833. The molecule has 0 aliphatic carbocycles. The van der Waals surface area contributed by atoms with Crippen molar-refractivity contribution in [1.82, 2.24) is 26.8 Å². The molecule has 0 aliphatic rings. The summed E-state index contributed by atoms with van der Waals surface area (Å²) in [5.41, 5.74) is 0. The van der Waals surface area contributed by atoms with Gasteiger partial charge >= 0.3 is 0 Å². The van der Waals surface area contributed by atoms with Crippen LogP contribution in [-0.2, 0) is 9.59 Å². The van der Waals surface area contributed by atoms with E-state index in [4.69, 9.17) is 19.8 Å². The van der Waals surface area contributed by atoms with E-state index in [0.717, 1.165) is 13.8 Å². The number of H-pyrrole nitrogens is 1. The predicted molar refractivity (Wildman–Crippen MR) is 45.8 cm³/mol. The fourth-order valence-corrected chi connectivity index (χ4v) is 0.129. The Morgan fingerprint density at radius 3 is 1.64 bits per heavy atom. The van der Waals surface area contributed by atoms with Crippen LogP contribution in [0.4, 0.5) is 0 Å². The lowest BCUT2D eigenvalue weighted by atomic mass is 10.9. The van der Waals surface area contributed by atoms with Gasteiger partial charge in [0.05, 0.1) is 0 Å². The van der Waals surface area contributed by atoms with Crippen molar-refractivity contribution < 1.29 is 19.8 Å². The van der Waals surface area contributed by atoms with Crippen molar-refractivity contribution in [2.45, 2.75) is 13.8 Å². The summed E-state index contributed by atoms with van der Waals surface area (Å²) in [5, 5.41) is 27.0. The van der Waals surface area contributed by atoms with Gasteiger partial charge in [0.2, 0.25) is 0 Å². The Balaban J connectivity index is -0.000000127. The van der Waals surface area contributed by atoms with E-state index < -0.39 is 11.9 Å². The zero-order valence-electron chi connectivity index (χ0n) is 7.84. The maximum atomic E-state index is 9.00. The van der Waals surface area contributed by atoms with E-state index in [1.54, 1.807) is 0 Å². The normalized spacial score (nSPS) is 6.43. The second-order valence-electron chi connectivity index (χ2n) is 1.60. The minimum absolute atomic E-state index is 0. The number of aromatic nitrogens is 4. The topological polar surface area (TPSA) is 164 Å². The van der Waals surface area contributed by atoms with Gasteiger partial charge in [-0.2, -0.15) is 5.21 Å². The number of hydrogen-bond donors (Lipinski definition) is 4. The van der Waals surface area contributed by atoms with Crippen LogP contribution < -0.4 is 6.15 Å². The van der Waals surface area contributed by atoms with Crippen LogP contribution >= 0.6 is 0 Å². The van der Waals surface area contributed by atoms with E-state index in [1.807, 2.05) is 0 Å². The van der Waals surface area contributed by atoms with Gasteiger partial charge in [-0.3, -0.25) is 9.59 Å². The van der Waals surface area contributed by atoms with Gasteiger partial charge in [0, 0.05) is 13.8 Å². The van der Waals surface area contributed by atoms with Crippen LogP contribution in [0.3, 0.4) is 0 Å². The third-order valence-corrected chi connectivity index (χ3v) is 0.270. The first kappa shape index (κ1) is 17.9. The highest BCUT2D eigenvalue weighted by atomic mass is 16.4. The molecule has 1 heterocycles. The highest BCUT2D eigenvalue weighted by Crippen LogP contribution is 1.44. The van der Waals surface area contributed by atoms with Crippen molar-refractivity contribution in [2.24, 2.45) is 0 Å². The highest BCUT2D eigenvalue weighted by molar-refractivity contribution is 5.63. The van der Waals surface area contributed by atoms with E-state index in [1.165, 1.54) is 6.33 Å². The number of aromatic amines is 1. The molecular formula is C5H13N5O4. The molecule has 0 spiro atoms. The summed E-state index contributed by atoms with van der Waals surface area (Å²) < 4.78 is 0. The first-order valence-corrected chi connectivity index (χ1v) is 3.02. The number of nitrogens with zero attached hydrogens (tertiary/aromatic N) is 3. The Kier molecular flexibility index (Phi) is 17.3. The fraction of sp³-hybridized carbons (Fsp3) is 0.400. The Labute approximate surface area is 79.7 Å². The number of carboxylic acid groups (broad SMARTS) is 2. The van der Waals surface area contributed by atoms with Gasteiger partial charge in [-0.05, 0) is 0 Å². The molecule has 14 heavy (non-hydrogen) atoms. The zero-order chi connectivity index (χ0) is 10.7. The molecule has 0 amide bonds. The highest BCUT2D eigenvalue weighted by Gasteiger charge is 1.65. The van der Waals surface area contributed by atoms with E-state index in [2.05, 4.69) is 20.6 Å². The summed E-state index contributed by atoms with van der Waals surface area (Å²) in [6.45, 7) is 2.17. The second kappa shape index (κ2) is 13.6. The van der Waals surface area contributed by atoms with Gasteiger partial charge in [0.15, 0.2) is 6.33 Å². The van der Waals surface area contributed by atoms with E-state index >= 15 is 0 Å². The molecule has 82 valence electrons. The third-order valence-electron chi connectivity index (χ3n) is 0.270. The molecule has 9 heteroatoms. The number of nitrogens with one attached hydrogen (secondary N) is 1. The van der Waals surface area contributed by atoms with Crippen molar-refractivity contribution >= 4 is 11.9 Å². The molecule has 0 radical (unpaired) electrons. The summed E-state index contributed by atoms with van der Waals surface area (Å²) in [4.78, 5) is 18.0. The summed E-state index contributed by atoms with van der Waals surface area (Å²) in [6.07, 6.45) is 1.33. The Bertz CT molecular complexity index is 187. The zero-order valence-corrected chi connectivity index (χ0v) is 7.84. The number of aliphatic carboxylic acids is 2. The summed E-state index contributed by atoms with van der Waals surface area (Å²) >= 11 is 0. The molecule has 0 aliphatic heterocycles. The molecule has 1 rings (SSSR count). The van der Waals surface area contributed by atoms with Crippen LogP contribution in [0.2, 0.25) is 0 Å². The van der Waals surface area contributed by atoms with Gasteiger partial charge in [0.1, 0.15) is 0 Å². The summed E-state index contributed by atoms with van der Waals surface area (Å²) in [5.74, 6) is -1.67. The Morgan fingerprint density at radius 2 is 1.57 bits per heavy atom. The molecule has 0 saturated carbocycles.